The van der Waals surface area contributed by atoms with Gasteiger partial charge in [0.2, 0.25) is 5.91 Å². The number of hydrogen-bond donors (Lipinski definition) is 1. The van der Waals surface area contributed by atoms with Gasteiger partial charge in [0, 0.05) is 13.5 Å². The van der Waals surface area contributed by atoms with E-state index in [4.69, 9.17) is 4.74 Å². The van der Waals surface area contributed by atoms with Gasteiger partial charge in [-0.05, 0) is 29.4 Å². The normalized spacial score (nSPS) is 14.0. The van der Waals surface area contributed by atoms with E-state index in [0.717, 1.165) is 6.42 Å². The van der Waals surface area contributed by atoms with Gasteiger partial charge in [-0.1, -0.05) is 52.0 Å². The molecule has 0 aliphatic carbocycles. The molecule has 0 spiro atoms. The zero-order valence-electron chi connectivity index (χ0n) is 14.0. The summed E-state index contributed by atoms with van der Waals surface area (Å²) in [5.74, 6) is 0.973. The van der Waals surface area contributed by atoms with Crippen LogP contribution in [0.15, 0.2) is 24.3 Å². The van der Waals surface area contributed by atoms with Crippen LogP contribution in [0, 0.1) is 5.92 Å². The van der Waals surface area contributed by atoms with Gasteiger partial charge in [-0.3, -0.25) is 4.79 Å². The number of benzene rings is 1. The number of methoxy groups -OCH3 is 1. The Balaban J connectivity index is 2.78. The molecular weight excluding hydrogens is 262 g/mol. The summed E-state index contributed by atoms with van der Waals surface area (Å²) in [6, 6.07) is 8.70. The lowest BCUT2D eigenvalue weighted by Crippen LogP contribution is -2.32. The molecule has 118 valence electrons. The van der Waals surface area contributed by atoms with Gasteiger partial charge in [-0.15, -0.1) is 0 Å². The molecule has 1 aromatic carbocycles. The highest BCUT2D eigenvalue weighted by molar-refractivity contribution is 5.76. The maximum absolute atomic E-state index is 11.9. The third-order valence-corrected chi connectivity index (χ3v) is 3.99. The molecule has 0 bridgehead atoms. The minimum Gasteiger partial charge on any atom is -0.384 e. The first-order valence-electron chi connectivity index (χ1n) is 7.87. The summed E-state index contributed by atoms with van der Waals surface area (Å²) in [7, 11) is 1.61. The highest BCUT2D eigenvalue weighted by atomic mass is 16.5. The van der Waals surface area contributed by atoms with Gasteiger partial charge >= 0.3 is 0 Å². The van der Waals surface area contributed by atoms with Crippen molar-refractivity contribution in [3.8, 4) is 0 Å². The van der Waals surface area contributed by atoms with E-state index in [1.807, 2.05) is 0 Å². The second kappa shape index (κ2) is 8.83. The number of nitrogens with one attached hydrogen (secondary N) is 1. The highest BCUT2D eigenvalue weighted by Gasteiger charge is 2.18. The number of rotatable bonds is 8. The van der Waals surface area contributed by atoms with Crippen molar-refractivity contribution in [3.63, 3.8) is 0 Å². The zero-order valence-corrected chi connectivity index (χ0v) is 14.0. The molecule has 0 aliphatic rings. The van der Waals surface area contributed by atoms with Crippen LogP contribution in [-0.2, 0) is 9.53 Å². The minimum atomic E-state index is 0.0431. The van der Waals surface area contributed by atoms with Crippen molar-refractivity contribution in [1.29, 1.82) is 0 Å². The first kappa shape index (κ1) is 17.7. The summed E-state index contributed by atoms with van der Waals surface area (Å²) >= 11 is 0. The summed E-state index contributed by atoms with van der Waals surface area (Å²) in [4.78, 5) is 11.9. The van der Waals surface area contributed by atoms with Crippen molar-refractivity contribution in [3.05, 3.63) is 35.4 Å². The summed E-state index contributed by atoms with van der Waals surface area (Å²) in [5, 5.41) is 3.11. The second-order valence-corrected chi connectivity index (χ2v) is 6.01. The molecule has 1 aromatic rings. The number of carbonyl (C=O) groups excluding carboxylic acids is 1. The maximum Gasteiger partial charge on any atom is 0.222 e. The Bertz CT molecular complexity index is 425. The fourth-order valence-corrected chi connectivity index (χ4v) is 2.34. The Morgan fingerprint density at radius 1 is 1.14 bits per heavy atom. The largest absolute Gasteiger partial charge is 0.384 e. The maximum atomic E-state index is 11.9. The van der Waals surface area contributed by atoms with Crippen LogP contribution in [0.4, 0.5) is 0 Å². The Kier molecular flexibility index (Phi) is 7.44. The summed E-state index contributed by atoms with van der Waals surface area (Å²) in [6.07, 6.45) is 1.55. The Morgan fingerprint density at radius 3 is 2.19 bits per heavy atom. The number of hydrogen-bond acceptors (Lipinski definition) is 2. The number of ether oxygens (including phenoxy) is 1. The van der Waals surface area contributed by atoms with E-state index < -0.39 is 0 Å². The molecule has 2 unspecified atom stereocenters. The number of carbonyl (C=O) groups is 1. The van der Waals surface area contributed by atoms with Crippen molar-refractivity contribution >= 4 is 5.91 Å². The molecule has 1 N–H and O–H groups in total. The molecule has 0 heterocycles. The molecule has 0 saturated heterocycles. The Morgan fingerprint density at radius 2 is 1.71 bits per heavy atom. The van der Waals surface area contributed by atoms with Crippen molar-refractivity contribution in [1.82, 2.24) is 5.32 Å². The lowest BCUT2D eigenvalue weighted by Gasteiger charge is -2.23. The quantitative estimate of drug-likeness (QED) is 0.784. The second-order valence-electron chi connectivity index (χ2n) is 6.01. The molecule has 3 nitrogen and oxygen atoms in total. The van der Waals surface area contributed by atoms with Crippen LogP contribution in [0.1, 0.15) is 63.6 Å². The van der Waals surface area contributed by atoms with Crippen molar-refractivity contribution in [2.45, 2.75) is 52.5 Å². The molecule has 3 heteroatoms. The average Bonchev–Trinajstić information content (AvgIpc) is 2.49. The molecule has 0 aromatic heterocycles. The monoisotopic (exact) mass is 291 g/mol. The van der Waals surface area contributed by atoms with E-state index in [9.17, 15) is 4.79 Å². The van der Waals surface area contributed by atoms with Crippen molar-refractivity contribution in [2.24, 2.45) is 5.92 Å². The van der Waals surface area contributed by atoms with Crippen LogP contribution in [0.25, 0.3) is 0 Å². The molecular formula is C18H29NO2. The van der Waals surface area contributed by atoms with Crippen LogP contribution in [0.3, 0.4) is 0 Å². The van der Waals surface area contributed by atoms with Crippen LogP contribution >= 0.6 is 0 Å². The first-order chi connectivity index (χ1) is 9.99. The molecule has 0 aliphatic heterocycles. The molecule has 0 radical (unpaired) electrons. The predicted octanol–water partition coefficient (Wildman–Crippen LogP) is 4.05. The first-order valence-corrected chi connectivity index (χ1v) is 7.87. The van der Waals surface area contributed by atoms with Gasteiger partial charge < -0.3 is 10.1 Å². The Hall–Kier alpha value is -1.35. The molecule has 1 amide bonds. The molecule has 2 atom stereocenters. The Labute approximate surface area is 129 Å². The van der Waals surface area contributed by atoms with Gasteiger partial charge in [0.05, 0.1) is 12.6 Å². The SMILES string of the molecule is CCC(C)c1ccc(C(NC(=O)CCOC)C(C)C)cc1. The van der Waals surface area contributed by atoms with Crippen molar-refractivity contribution in [2.75, 3.05) is 13.7 Å². The molecule has 1 rings (SSSR count). The smallest absolute Gasteiger partial charge is 0.222 e. The topological polar surface area (TPSA) is 38.3 Å². The van der Waals surface area contributed by atoms with E-state index in [2.05, 4.69) is 57.3 Å². The van der Waals surface area contributed by atoms with Gasteiger partial charge in [-0.2, -0.15) is 0 Å². The third-order valence-electron chi connectivity index (χ3n) is 3.99. The molecule has 21 heavy (non-hydrogen) atoms. The van der Waals surface area contributed by atoms with Crippen LogP contribution in [-0.4, -0.2) is 19.6 Å². The zero-order chi connectivity index (χ0) is 15.8. The fourth-order valence-electron chi connectivity index (χ4n) is 2.34. The average molecular weight is 291 g/mol. The van der Waals surface area contributed by atoms with E-state index in [1.165, 1.54) is 11.1 Å². The van der Waals surface area contributed by atoms with Gasteiger partial charge in [0.25, 0.3) is 0 Å². The van der Waals surface area contributed by atoms with E-state index in [0.29, 0.717) is 24.9 Å². The molecule has 0 saturated carbocycles. The molecule has 0 fully saturated rings. The lowest BCUT2D eigenvalue weighted by molar-refractivity contribution is -0.123. The lowest BCUT2D eigenvalue weighted by atomic mass is 9.92. The van der Waals surface area contributed by atoms with Gasteiger partial charge in [-0.25, -0.2) is 0 Å². The van der Waals surface area contributed by atoms with Gasteiger partial charge in [0.15, 0.2) is 0 Å². The van der Waals surface area contributed by atoms with E-state index >= 15 is 0 Å². The summed E-state index contributed by atoms with van der Waals surface area (Å²) in [6.45, 7) is 9.16. The van der Waals surface area contributed by atoms with Gasteiger partial charge in [0.1, 0.15) is 0 Å². The summed E-state index contributed by atoms with van der Waals surface area (Å²) in [5.41, 5.74) is 2.53. The van der Waals surface area contributed by atoms with E-state index in [1.54, 1.807) is 7.11 Å². The third kappa shape index (κ3) is 5.50. The predicted molar refractivity (Wildman–Crippen MR) is 87.4 cm³/mol. The highest BCUT2D eigenvalue weighted by Crippen LogP contribution is 2.25. The minimum absolute atomic E-state index is 0.0431. The fraction of sp³-hybridized carbons (Fsp3) is 0.611. The van der Waals surface area contributed by atoms with Crippen LogP contribution in [0.2, 0.25) is 0 Å². The number of amides is 1. The summed E-state index contributed by atoms with van der Waals surface area (Å²) < 4.78 is 4.95. The van der Waals surface area contributed by atoms with Crippen LogP contribution in [0.5, 0.6) is 0 Å². The standard InChI is InChI=1S/C18H29NO2/c1-6-14(4)15-7-9-16(10-8-15)18(13(2)3)19-17(20)11-12-21-5/h7-10,13-14,18H,6,11-12H2,1-5H3,(H,19,20). The van der Waals surface area contributed by atoms with Crippen LogP contribution < -0.4 is 5.32 Å². The van der Waals surface area contributed by atoms with Crippen molar-refractivity contribution < 1.29 is 9.53 Å². The van der Waals surface area contributed by atoms with E-state index in [-0.39, 0.29) is 11.9 Å².